The summed E-state index contributed by atoms with van der Waals surface area (Å²) in [5, 5.41) is 7.22. The highest BCUT2D eigenvalue weighted by Gasteiger charge is 2.27. The first kappa shape index (κ1) is 12.8. The molecule has 0 aromatic heterocycles. The molecule has 0 fully saturated rings. The number of carbonyl (C=O) groups is 1. The number of amides is 2. The number of hydrogen-bond donors (Lipinski definition) is 3. The van der Waals surface area contributed by atoms with Gasteiger partial charge in [0.25, 0.3) is 0 Å². The Balaban J connectivity index is 2.17. The van der Waals surface area contributed by atoms with Gasteiger partial charge in [0.1, 0.15) is 6.54 Å². The number of hydrogen-bond acceptors (Lipinski definition) is 2. The van der Waals surface area contributed by atoms with Gasteiger partial charge in [-0.25, -0.2) is 4.79 Å². The zero-order valence-corrected chi connectivity index (χ0v) is 8.66. The van der Waals surface area contributed by atoms with Gasteiger partial charge < -0.3 is 16.0 Å². The molecule has 0 radical (unpaired) electrons. The van der Waals surface area contributed by atoms with Crippen LogP contribution in [0.3, 0.4) is 0 Å². The summed E-state index contributed by atoms with van der Waals surface area (Å²) in [5.74, 6) is 0. The lowest BCUT2D eigenvalue weighted by atomic mass is 10.1. The van der Waals surface area contributed by atoms with Crippen molar-refractivity contribution in [1.82, 2.24) is 16.0 Å². The van der Waals surface area contributed by atoms with Gasteiger partial charge in [-0.3, -0.25) is 0 Å². The molecule has 3 N–H and O–H groups in total. The minimum absolute atomic E-state index is 0.297. The average Bonchev–Trinajstić information content (AvgIpc) is 2.24. The molecule has 7 heteroatoms. The van der Waals surface area contributed by atoms with E-state index in [9.17, 15) is 18.0 Å². The second-order valence-corrected chi connectivity index (χ2v) is 3.47. The molecule has 1 heterocycles. The molecule has 0 aromatic rings. The molecule has 0 atom stereocenters. The van der Waals surface area contributed by atoms with Crippen LogP contribution in [0, 0.1) is 0 Å². The summed E-state index contributed by atoms with van der Waals surface area (Å²) in [6.07, 6.45) is -1.64. The summed E-state index contributed by atoms with van der Waals surface area (Å²) >= 11 is 0. The molecule has 1 aliphatic heterocycles. The van der Waals surface area contributed by atoms with Crippen LogP contribution in [0.1, 0.15) is 6.42 Å². The summed E-state index contributed by atoms with van der Waals surface area (Å²) in [4.78, 5) is 11.0. The number of halogens is 3. The number of carbonyl (C=O) groups excluding carboxylic acids is 1. The SMILES string of the molecule is O=C(NCC1=CCNCC1)NCC(F)(F)F. The predicted molar refractivity (Wildman–Crippen MR) is 53.0 cm³/mol. The van der Waals surface area contributed by atoms with Gasteiger partial charge in [-0.1, -0.05) is 11.6 Å². The van der Waals surface area contributed by atoms with Crippen LogP contribution in [0.4, 0.5) is 18.0 Å². The lowest BCUT2D eigenvalue weighted by Crippen LogP contribution is -2.41. The van der Waals surface area contributed by atoms with E-state index < -0.39 is 18.8 Å². The van der Waals surface area contributed by atoms with Crippen LogP contribution < -0.4 is 16.0 Å². The van der Waals surface area contributed by atoms with Crippen LogP contribution in [0.2, 0.25) is 0 Å². The van der Waals surface area contributed by atoms with Gasteiger partial charge in [0, 0.05) is 13.1 Å². The van der Waals surface area contributed by atoms with Crippen molar-refractivity contribution in [1.29, 1.82) is 0 Å². The topological polar surface area (TPSA) is 53.2 Å². The highest BCUT2D eigenvalue weighted by Crippen LogP contribution is 2.11. The van der Waals surface area contributed by atoms with Gasteiger partial charge in [0.05, 0.1) is 0 Å². The maximum Gasteiger partial charge on any atom is 0.405 e. The van der Waals surface area contributed by atoms with Crippen LogP contribution in [-0.4, -0.2) is 38.4 Å². The molecule has 0 saturated carbocycles. The summed E-state index contributed by atoms with van der Waals surface area (Å²) in [6, 6.07) is -0.795. The predicted octanol–water partition coefficient (Wildman–Crippen LogP) is 0.768. The fourth-order valence-corrected chi connectivity index (χ4v) is 1.27. The van der Waals surface area contributed by atoms with Crippen molar-refractivity contribution in [2.45, 2.75) is 12.6 Å². The van der Waals surface area contributed by atoms with E-state index in [0.717, 1.165) is 25.1 Å². The fraction of sp³-hybridized carbons (Fsp3) is 0.667. The molecule has 0 aromatic carbocycles. The Bertz CT molecular complexity index is 276. The molecule has 4 nitrogen and oxygen atoms in total. The van der Waals surface area contributed by atoms with Crippen molar-refractivity contribution in [3.8, 4) is 0 Å². The first-order chi connectivity index (χ1) is 7.47. The Morgan fingerprint density at radius 2 is 2.19 bits per heavy atom. The van der Waals surface area contributed by atoms with Crippen molar-refractivity contribution in [3.05, 3.63) is 11.6 Å². The summed E-state index contributed by atoms with van der Waals surface area (Å²) in [5.41, 5.74) is 1.03. The van der Waals surface area contributed by atoms with E-state index in [2.05, 4.69) is 10.6 Å². The highest BCUT2D eigenvalue weighted by molar-refractivity contribution is 5.74. The molecule has 16 heavy (non-hydrogen) atoms. The van der Waals surface area contributed by atoms with Gasteiger partial charge in [0.15, 0.2) is 0 Å². The quantitative estimate of drug-likeness (QED) is 0.635. The molecule has 0 unspecified atom stereocenters. The standard InChI is InChI=1S/C9H14F3N3O/c10-9(11,12)6-15-8(16)14-5-7-1-3-13-4-2-7/h1,13H,2-6H2,(H2,14,15,16). The second-order valence-electron chi connectivity index (χ2n) is 3.47. The van der Waals surface area contributed by atoms with Crippen LogP contribution in [0.5, 0.6) is 0 Å². The first-order valence-electron chi connectivity index (χ1n) is 4.94. The van der Waals surface area contributed by atoms with Gasteiger partial charge >= 0.3 is 12.2 Å². The molecule has 92 valence electrons. The molecule has 1 aliphatic rings. The molecule has 0 spiro atoms. The van der Waals surface area contributed by atoms with Crippen molar-refractivity contribution in [2.75, 3.05) is 26.2 Å². The molecular formula is C9H14F3N3O. The number of urea groups is 1. The summed E-state index contributed by atoms with van der Waals surface area (Å²) in [6.45, 7) is 0.559. The van der Waals surface area contributed by atoms with E-state index in [4.69, 9.17) is 0 Å². The Kier molecular flexibility index (Phi) is 4.60. The monoisotopic (exact) mass is 237 g/mol. The van der Waals surface area contributed by atoms with E-state index >= 15 is 0 Å². The van der Waals surface area contributed by atoms with E-state index in [1.807, 2.05) is 6.08 Å². The van der Waals surface area contributed by atoms with Crippen LogP contribution in [0.25, 0.3) is 0 Å². The maximum atomic E-state index is 11.7. The molecule has 0 saturated heterocycles. The van der Waals surface area contributed by atoms with Gasteiger partial charge in [-0.2, -0.15) is 13.2 Å². The minimum Gasteiger partial charge on any atom is -0.334 e. The van der Waals surface area contributed by atoms with Gasteiger partial charge in [0.2, 0.25) is 0 Å². The lowest BCUT2D eigenvalue weighted by Gasteiger charge is -2.15. The van der Waals surface area contributed by atoms with Crippen molar-refractivity contribution >= 4 is 6.03 Å². The lowest BCUT2D eigenvalue weighted by molar-refractivity contribution is -0.122. The highest BCUT2D eigenvalue weighted by atomic mass is 19.4. The maximum absolute atomic E-state index is 11.7. The van der Waals surface area contributed by atoms with E-state index in [1.54, 1.807) is 5.32 Å². The van der Waals surface area contributed by atoms with Crippen molar-refractivity contribution in [2.24, 2.45) is 0 Å². The van der Waals surface area contributed by atoms with Gasteiger partial charge in [-0.05, 0) is 13.0 Å². The van der Waals surface area contributed by atoms with Crippen LogP contribution in [-0.2, 0) is 0 Å². The van der Waals surface area contributed by atoms with E-state index in [0.29, 0.717) is 6.54 Å². The number of nitrogens with one attached hydrogen (secondary N) is 3. The Labute approximate surface area is 91.3 Å². The van der Waals surface area contributed by atoms with E-state index in [1.165, 1.54) is 0 Å². The van der Waals surface area contributed by atoms with E-state index in [-0.39, 0.29) is 0 Å². The average molecular weight is 237 g/mol. The molecule has 2 amide bonds. The van der Waals surface area contributed by atoms with Crippen molar-refractivity contribution < 1.29 is 18.0 Å². The zero-order valence-electron chi connectivity index (χ0n) is 8.66. The number of rotatable bonds is 3. The Morgan fingerprint density at radius 3 is 2.75 bits per heavy atom. The van der Waals surface area contributed by atoms with Gasteiger partial charge in [-0.15, -0.1) is 0 Å². The summed E-state index contributed by atoms with van der Waals surface area (Å²) in [7, 11) is 0. The third kappa shape index (κ3) is 5.59. The molecular weight excluding hydrogens is 223 g/mol. The van der Waals surface area contributed by atoms with Crippen molar-refractivity contribution in [3.63, 3.8) is 0 Å². The number of alkyl halides is 3. The normalized spacial score (nSPS) is 16.6. The molecule has 0 bridgehead atoms. The third-order valence-corrected chi connectivity index (χ3v) is 2.08. The van der Waals surface area contributed by atoms with Crippen LogP contribution in [0.15, 0.2) is 11.6 Å². The minimum atomic E-state index is -4.37. The zero-order chi connectivity index (χ0) is 12.0. The van der Waals surface area contributed by atoms with Crippen LogP contribution >= 0.6 is 0 Å². The third-order valence-electron chi connectivity index (χ3n) is 2.08. The first-order valence-corrected chi connectivity index (χ1v) is 4.94. The molecule has 0 aliphatic carbocycles. The smallest absolute Gasteiger partial charge is 0.334 e. The Hall–Kier alpha value is -1.24. The second kappa shape index (κ2) is 5.74. The largest absolute Gasteiger partial charge is 0.405 e. The molecule has 1 rings (SSSR count). The Morgan fingerprint density at radius 1 is 1.44 bits per heavy atom. The fourth-order valence-electron chi connectivity index (χ4n) is 1.27. The summed E-state index contributed by atoms with van der Waals surface area (Å²) < 4.78 is 35.2.